The zero-order valence-corrected chi connectivity index (χ0v) is 30.1. The molecule has 1 aliphatic heterocycles. The molecule has 0 fully saturated rings. The highest BCUT2D eigenvalue weighted by Crippen LogP contribution is 2.51. The fourth-order valence-electron chi connectivity index (χ4n) is 9.01. The zero-order valence-electron chi connectivity index (χ0n) is 30.1. The number of nitrogens with zero attached hydrogens (tertiary/aromatic N) is 2. The van der Waals surface area contributed by atoms with E-state index in [0.717, 1.165) is 34.2 Å². The lowest BCUT2D eigenvalue weighted by Gasteiger charge is -2.35. The third-order valence-electron chi connectivity index (χ3n) is 11.6. The first kappa shape index (κ1) is 30.8. The molecule has 0 saturated heterocycles. The molecule has 0 spiro atoms. The van der Waals surface area contributed by atoms with Crippen LogP contribution in [0.5, 0.6) is 11.5 Å². The summed E-state index contributed by atoms with van der Waals surface area (Å²) in [5, 5.41) is 9.81. The van der Waals surface area contributed by atoms with Crippen molar-refractivity contribution in [3.05, 3.63) is 193 Å². The van der Waals surface area contributed by atoms with Gasteiger partial charge in [0.15, 0.2) is 0 Å². The molecule has 0 N–H and O–H groups in total. The van der Waals surface area contributed by atoms with Crippen LogP contribution in [0.1, 0.15) is 25.0 Å². The third kappa shape index (κ3) is 4.48. The molecular weight excluding hydrogens is 657 g/mol. The first-order valence-electron chi connectivity index (χ1n) is 18.7. The molecule has 10 aromatic rings. The Morgan fingerprint density at radius 3 is 1.93 bits per heavy atom. The van der Waals surface area contributed by atoms with Crippen LogP contribution in [-0.2, 0) is 5.41 Å². The lowest BCUT2D eigenvalue weighted by molar-refractivity contribution is 0.418. The van der Waals surface area contributed by atoms with E-state index in [2.05, 4.69) is 205 Å². The number of benzene rings is 9. The van der Waals surface area contributed by atoms with Crippen molar-refractivity contribution < 1.29 is 4.74 Å². The monoisotopic (exact) mass is 692 g/mol. The van der Waals surface area contributed by atoms with Crippen LogP contribution in [0.2, 0.25) is 0 Å². The smallest absolute Gasteiger partial charge is 0.133 e. The number of anilines is 3. The molecule has 0 atom stereocenters. The second kappa shape index (κ2) is 11.6. The van der Waals surface area contributed by atoms with Crippen molar-refractivity contribution in [2.75, 3.05) is 4.90 Å². The van der Waals surface area contributed by atoms with E-state index in [1.165, 1.54) is 65.3 Å². The molecule has 11 rings (SSSR count). The highest BCUT2D eigenvalue weighted by Gasteiger charge is 2.34. The van der Waals surface area contributed by atoms with E-state index >= 15 is 0 Å². The van der Waals surface area contributed by atoms with E-state index in [0.29, 0.717) is 0 Å². The van der Waals surface area contributed by atoms with Crippen LogP contribution in [0.15, 0.2) is 182 Å². The number of para-hydroxylation sites is 2. The quantitative estimate of drug-likeness (QED) is 0.171. The highest BCUT2D eigenvalue weighted by molar-refractivity contribution is 6.22. The van der Waals surface area contributed by atoms with Gasteiger partial charge in [-0.3, -0.25) is 0 Å². The summed E-state index contributed by atoms with van der Waals surface area (Å²) in [5.74, 6) is 1.80. The molecule has 256 valence electrons. The molecule has 2 heterocycles. The van der Waals surface area contributed by atoms with Crippen LogP contribution in [0.25, 0.3) is 59.8 Å². The van der Waals surface area contributed by atoms with Crippen molar-refractivity contribution in [3.63, 3.8) is 0 Å². The molecule has 1 aromatic heterocycles. The molecular formula is C51H36N2O. The van der Waals surface area contributed by atoms with Crippen molar-refractivity contribution in [1.82, 2.24) is 4.57 Å². The molecule has 3 heteroatoms. The van der Waals surface area contributed by atoms with Gasteiger partial charge in [0, 0.05) is 55.8 Å². The van der Waals surface area contributed by atoms with Gasteiger partial charge in [-0.05, 0) is 81.5 Å². The number of rotatable bonds is 4. The second-order valence-corrected chi connectivity index (χ2v) is 15.0. The Morgan fingerprint density at radius 2 is 1.07 bits per heavy atom. The fourth-order valence-corrected chi connectivity index (χ4v) is 9.01. The Morgan fingerprint density at radius 1 is 0.444 bits per heavy atom. The molecule has 0 aliphatic carbocycles. The van der Waals surface area contributed by atoms with Crippen LogP contribution in [0, 0.1) is 0 Å². The predicted molar refractivity (Wildman–Crippen MR) is 227 cm³/mol. The second-order valence-electron chi connectivity index (χ2n) is 15.0. The molecule has 9 aromatic carbocycles. The Labute approximate surface area is 313 Å². The van der Waals surface area contributed by atoms with Gasteiger partial charge in [0.05, 0.1) is 16.7 Å². The average molecular weight is 693 g/mol. The molecule has 0 radical (unpaired) electrons. The van der Waals surface area contributed by atoms with E-state index in [-0.39, 0.29) is 5.41 Å². The van der Waals surface area contributed by atoms with Gasteiger partial charge >= 0.3 is 0 Å². The largest absolute Gasteiger partial charge is 0.457 e. The summed E-state index contributed by atoms with van der Waals surface area (Å²) in [4.78, 5) is 2.43. The van der Waals surface area contributed by atoms with E-state index < -0.39 is 0 Å². The molecule has 54 heavy (non-hydrogen) atoms. The summed E-state index contributed by atoms with van der Waals surface area (Å²) in [6, 6.07) is 66.0. The Hall–Kier alpha value is -6.84. The van der Waals surface area contributed by atoms with Crippen molar-refractivity contribution in [2.24, 2.45) is 0 Å². The van der Waals surface area contributed by atoms with Gasteiger partial charge in [-0.2, -0.15) is 0 Å². The maximum absolute atomic E-state index is 6.73. The Balaban J connectivity index is 1.22. The fraction of sp³-hybridized carbons (Fsp3) is 0.0588. The number of hydrogen-bond acceptors (Lipinski definition) is 2. The van der Waals surface area contributed by atoms with Gasteiger partial charge in [0.2, 0.25) is 0 Å². The predicted octanol–water partition coefficient (Wildman–Crippen LogP) is 14.1. The van der Waals surface area contributed by atoms with E-state index in [1.807, 2.05) is 0 Å². The lowest BCUT2D eigenvalue weighted by atomic mass is 9.76. The molecule has 0 saturated carbocycles. The lowest BCUT2D eigenvalue weighted by Crippen LogP contribution is -2.24. The summed E-state index contributed by atoms with van der Waals surface area (Å²) in [7, 11) is 0. The first-order chi connectivity index (χ1) is 26.5. The van der Waals surface area contributed by atoms with E-state index in [4.69, 9.17) is 4.74 Å². The summed E-state index contributed by atoms with van der Waals surface area (Å²) in [6.07, 6.45) is 0. The number of hydrogen-bond donors (Lipinski definition) is 0. The minimum absolute atomic E-state index is 0.206. The SMILES string of the molecule is CC1(C)c2ccccc2Oc2cc(N(c3ccc4c(c3)c3c5ccccc5ccc3n4-c3ccccc3)c3cc4ccccc4c4ccccc34)ccc21. The topological polar surface area (TPSA) is 17.4 Å². The number of fused-ring (bicyclic) bond motifs is 10. The molecule has 3 nitrogen and oxygen atoms in total. The zero-order chi connectivity index (χ0) is 36.0. The average Bonchev–Trinajstić information content (AvgIpc) is 3.55. The van der Waals surface area contributed by atoms with Gasteiger partial charge in [-0.25, -0.2) is 0 Å². The van der Waals surface area contributed by atoms with Gasteiger partial charge in [-0.15, -0.1) is 0 Å². The summed E-state index contributed by atoms with van der Waals surface area (Å²) in [5.41, 5.74) is 8.94. The summed E-state index contributed by atoms with van der Waals surface area (Å²) >= 11 is 0. The molecule has 1 aliphatic rings. The van der Waals surface area contributed by atoms with Gasteiger partial charge in [-0.1, -0.05) is 135 Å². The maximum Gasteiger partial charge on any atom is 0.133 e. The van der Waals surface area contributed by atoms with Crippen LogP contribution in [0.3, 0.4) is 0 Å². The van der Waals surface area contributed by atoms with Crippen LogP contribution >= 0.6 is 0 Å². The molecule has 0 bridgehead atoms. The maximum atomic E-state index is 6.73. The Kier molecular flexibility index (Phi) is 6.60. The highest BCUT2D eigenvalue weighted by atomic mass is 16.5. The van der Waals surface area contributed by atoms with Crippen molar-refractivity contribution in [3.8, 4) is 17.2 Å². The van der Waals surface area contributed by atoms with Crippen LogP contribution < -0.4 is 9.64 Å². The normalized spacial score (nSPS) is 13.3. The van der Waals surface area contributed by atoms with E-state index in [1.54, 1.807) is 0 Å². The number of ether oxygens (including phenoxy) is 1. The third-order valence-corrected chi connectivity index (χ3v) is 11.6. The molecule has 0 unspecified atom stereocenters. The van der Waals surface area contributed by atoms with Crippen LogP contribution in [0.4, 0.5) is 17.1 Å². The number of aromatic nitrogens is 1. The summed E-state index contributed by atoms with van der Waals surface area (Å²) < 4.78 is 9.14. The van der Waals surface area contributed by atoms with Crippen LogP contribution in [-0.4, -0.2) is 4.57 Å². The minimum Gasteiger partial charge on any atom is -0.457 e. The standard InChI is InChI=1S/C51H36N2O/c1-51(2)43-22-12-13-23-48(43)54-49-32-37(25-27-44(49)51)52(47-30-34-15-7-8-18-38(34)40-20-10-11-21-41(40)47)36-26-29-45-42(31-36)50-39-19-9-6-14-33(39)24-28-46(50)53(45)35-16-4-3-5-17-35/h3-32H,1-2H3. The minimum atomic E-state index is -0.206. The van der Waals surface area contributed by atoms with Gasteiger partial charge in [0.25, 0.3) is 0 Å². The van der Waals surface area contributed by atoms with Crippen molar-refractivity contribution in [2.45, 2.75) is 19.3 Å². The van der Waals surface area contributed by atoms with Crippen molar-refractivity contribution in [1.29, 1.82) is 0 Å². The van der Waals surface area contributed by atoms with Gasteiger partial charge in [0.1, 0.15) is 11.5 Å². The first-order valence-corrected chi connectivity index (χ1v) is 18.7. The molecule has 0 amide bonds. The van der Waals surface area contributed by atoms with Gasteiger partial charge < -0.3 is 14.2 Å². The Bertz CT molecular complexity index is 3120. The van der Waals surface area contributed by atoms with E-state index in [9.17, 15) is 0 Å². The summed E-state index contributed by atoms with van der Waals surface area (Å²) in [6.45, 7) is 4.59. The van der Waals surface area contributed by atoms with Crippen molar-refractivity contribution >= 4 is 71.2 Å².